The summed E-state index contributed by atoms with van der Waals surface area (Å²) in [7, 11) is 0. The minimum Gasteiger partial charge on any atom is -0.462 e. The standard InChI is InChI=1S/C20H20ClFN4O2/c1-2-3-4-10-28-19(27)13-11-16(15-8-9-24-20(23)26-15)25-18(13)12-6-5-7-14(21)17(12)22/h5-9,11,25H,2-4,10H2,1H3,(H2,23,24,26). The maximum atomic E-state index is 14.6. The molecule has 0 radical (unpaired) electrons. The second-order valence-corrected chi connectivity index (χ2v) is 6.62. The van der Waals surface area contributed by atoms with Crippen LogP contribution in [0.15, 0.2) is 36.5 Å². The fourth-order valence-electron chi connectivity index (χ4n) is 2.78. The average Bonchev–Trinajstić information content (AvgIpc) is 3.12. The van der Waals surface area contributed by atoms with Gasteiger partial charge in [0, 0.05) is 11.8 Å². The topological polar surface area (TPSA) is 93.9 Å². The first-order chi connectivity index (χ1) is 13.5. The number of nitrogens with one attached hydrogen (secondary N) is 1. The van der Waals surface area contributed by atoms with E-state index in [0.29, 0.717) is 18.0 Å². The smallest absolute Gasteiger partial charge is 0.340 e. The Balaban J connectivity index is 2.03. The lowest BCUT2D eigenvalue weighted by Crippen LogP contribution is -2.07. The molecule has 3 N–H and O–H groups in total. The van der Waals surface area contributed by atoms with Crippen LogP contribution < -0.4 is 5.73 Å². The SMILES string of the molecule is CCCCCOC(=O)c1cc(-c2ccnc(N)n2)[nH]c1-c1cccc(Cl)c1F. The first-order valence-electron chi connectivity index (χ1n) is 8.94. The summed E-state index contributed by atoms with van der Waals surface area (Å²) in [6.45, 7) is 2.36. The summed E-state index contributed by atoms with van der Waals surface area (Å²) in [4.78, 5) is 23.7. The Morgan fingerprint density at radius 2 is 2.14 bits per heavy atom. The van der Waals surface area contributed by atoms with Crippen LogP contribution in [0.3, 0.4) is 0 Å². The molecule has 0 aliphatic rings. The van der Waals surface area contributed by atoms with Crippen LogP contribution in [0.1, 0.15) is 36.5 Å². The molecular formula is C20H20ClFN4O2. The molecule has 0 amide bonds. The van der Waals surface area contributed by atoms with Crippen LogP contribution in [0.25, 0.3) is 22.6 Å². The number of anilines is 1. The molecule has 146 valence electrons. The molecular weight excluding hydrogens is 383 g/mol. The Morgan fingerprint density at radius 3 is 2.89 bits per heavy atom. The van der Waals surface area contributed by atoms with Gasteiger partial charge in [-0.2, -0.15) is 0 Å². The van der Waals surface area contributed by atoms with Gasteiger partial charge in [0.2, 0.25) is 5.95 Å². The van der Waals surface area contributed by atoms with Gasteiger partial charge in [-0.1, -0.05) is 37.4 Å². The van der Waals surface area contributed by atoms with Crippen LogP contribution in [0.2, 0.25) is 5.02 Å². The molecule has 0 bridgehead atoms. The van der Waals surface area contributed by atoms with Gasteiger partial charge in [-0.05, 0) is 30.7 Å². The summed E-state index contributed by atoms with van der Waals surface area (Å²) < 4.78 is 20.0. The van der Waals surface area contributed by atoms with Crippen molar-refractivity contribution >= 4 is 23.5 Å². The van der Waals surface area contributed by atoms with Gasteiger partial charge in [0.05, 0.1) is 34.3 Å². The lowest BCUT2D eigenvalue weighted by atomic mass is 10.1. The van der Waals surface area contributed by atoms with Crippen LogP contribution in [-0.2, 0) is 4.74 Å². The molecule has 0 unspecified atom stereocenters. The van der Waals surface area contributed by atoms with E-state index in [0.717, 1.165) is 19.3 Å². The number of aromatic amines is 1. The molecule has 0 aliphatic heterocycles. The predicted molar refractivity (Wildman–Crippen MR) is 106 cm³/mol. The number of ether oxygens (including phenoxy) is 1. The Hall–Kier alpha value is -2.93. The van der Waals surface area contributed by atoms with E-state index in [1.807, 2.05) is 0 Å². The van der Waals surface area contributed by atoms with Crippen molar-refractivity contribution in [3.05, 3.63) is 52.9 Å². The van der Waals surface area contributed by atoms with Crippen molar-refractivity contribution in [2.75, 3.05) is 12.3 Å². The molecule has 3 rings (SSSR count). The fourth-order valence-corrected chi connectivity index (χ4v) is 2.96. The number of H-pyrrole nitrogens is 1. The Bertz CT molecular complexity index is 990. The molecule has 0 fully saturated rings. The molecule has 1 aromatic carbocycles. The maximum Gasteiger partial charge on any atom is 0.340 e. The van der Waals surface area contributed by atoms with Gasteiger partial charge in [-0.25, -0.2) is 19.2 Å². The van der Waals surface area contributed by atoms with Gasteiger partial charge in [0.1, 0.15) is 0 Å². The molecule has 0 spiro atoms. The van der Waals surface area contributed by atoms with Crippen LogP contribution in [-0.4, -0.2) is 27.5 Å². The zero-order chi connectivity index (χ0) is 20.1. The van der Waals surface area contributed by atoms with Crippen molar-refractivity contribution in [1.29, 1.82) is 0 Å². The number of nitrogens with zero attached hydrogens (tertiary/aromatic N) is 2. The lowest BCUT2D eigenvalue weighted by Gasteiger charge is -2.07. The van der Waals surface area contributed by atoms with E-state index in [1.54, 1.807) is 24.3 Å². The number of hydrogen-bond acceptors (Lipinski definition) is 5. The van der Waals surface area contributed by atoms with Gasteiger partial charge >= 0.3 is 5.97 Å². The highest BCUT2D eigenvalue weighted by Gasteiger charge is 2.22. The van der Waals surface area contributed by atoms with E-state index in [2.05, 4.69) is 21.9 Å². The first kappa shape index (κ1) is 19.8. The summed E-state index contributed by atoms with van der Waals surface area (Å²) in [5, 5.41) is -0.0396. The van der Waals surface area contributed by atoms with Crippen LogP contribution in [0.4, 0.5) is 10.3 Å². The summed E-state index contributed by atoms with van der Waals surface area (Å²) >= 11 is 5.92. The number of nitrogens with two attached hydrogens (primary N) is 1. The van der Waals surface area contributed by atoms with E-state index in [1.165, 1.54) is 12.3 Å². The minimum atomic E-state index is -0.625. The number of halogens is 2. The number of esters is 1. The molecule has 2 heterocycles. The molecule has 0 saturated carbocycles. The number of nitrogen functional groups attached to an aromatic ring is 1. The van der Waals surface area contributed by atoms with Crippen molar-refractivity contribution in [3.63, 3.8) is 0 Å². The van der Waals surface area contributed by atoms with E-state index in [4.69, 9.17) is 22.1 Å². The number of benzene rings is 1. The monoisotopic (exact) mass is 402 g/mol. The molecule has 28 heavy (non-hydrogen) atoms. The summed E-state index contributed by atoms with van der Waals surface area (Å²) in [5.74, 6) is -1.08. The van der Waals surface area contributed by atoms with Gasteiger partial charge in [0.25, 0.3) is 0 Å². The largest absolute Gasteiger partial charge is 0.462 e. The maximum absolute atomic E-state index is 14.6. The number of rotatable bonds is 7. The second kappa shape index (κ2) is 8.84. The first-order valence-corrected chi connectivity index (χ1v) is 9.32. The third-order valence-electron chi connectivity index (χ3n) is 4.19. The summed E-state index contributed by atoms with van der Waals surface area (Å²) in [6.07, 6.45) is 4.24. The second-order valence-electron chi connectivity index (χ2n) is 6.22. The van der Waals surface area contributed by atoms with Gasteiger partial charge < -0.3 is 15.5 Å². The third-order valence-corrected chi connectivity index (χ3v) is 4.48. The Labute approximate surface area is 166 Å². The highest BCUT2D eigenvalue weighted by atomic mass is 35.5. The van der Waals surface area contributed by atoms with E-state index in [-0.39, 0.29) is 27.8 Å². The molecule has 0 aliphatic carbocycles. The highest BCUT2D eigenvalue weighted by Crippen LogP contribution is 2.33. The number of carbonyl (C=O) groups excluding carboxylic acids is 1. The number of carbonyl (C=O) groups is 1. The van der Waals surface area contributed by atoms with Crippen LogP contribution >= 0.6 is 11.6 Å². The van der Waals surface area contributed by atoms with Crippen molar-refractivity contribution in [2.45, 2.75) is 26.2 Å². The summed E-state index contributed by atoms with van der Waals surface area (Å²) in [5.41, 5.74) is 7.25. The molecule has 2 aromatic heterocycles. The van der Waals surface area contributed by atoms with Crippen molar-refractivity contribution < 1.29 is 13.9 Å². The third kappa shape index (κ3) is 4.31. The average molecular weight is 403 g/mol. The predicted octanol–water partition coefficient (Wildman–Crippen LogP) is 4.86. The van der Waals surface area contributed by atoms with Gasteiger partial charge in [-0.3, -0.25) is 0 Å². The Morgan fingerprint density at radius 1 is 1.32 bits per heavy atom. The van der Waals surface area contributed by atoms with Crippen LogP contribution in [0.5, 0.6) is 0 Å². The van der Waals surface area contributed by atoms with Crippen molar-refractivity contribution in [1.82, 2.24) is 15.0 Å². The van der Waals surface area contributed by atoms with Crippen molar-refractivity contribution in [3.8, 4) is 22.6 Å². The Kier molecular flexibility index (Phi) is 6.26. The fraction of sp³-hybridized carbons (Fsp3) is 0.250. The molecule has 6 nitrogen and oxygen atoms in total. The highest BCUT2D eigenvalue weighted by molar-refractivity contribution is 6.31. The van der Waals surface area contributed by atoms with Crippen molar-refractivity contribution in [2.24, 2.45) is 0 Å². The zero-order valence-corrected chi connectivity index (χ0v) is 16.1. The minimum absolute atomic E-state index is 0.0396. The van der Waals surface area contributed by atoms with Gasteiger partial charge in [0.15, 0.2) is 5.82 Å². The quantitative estimate of drug-likeness (QED) is 0.434. The summed E-state index contributed by atoms with van der Waals surface area (Å²) in [6, 6.07) is 7.80. The molecule has 8 heteroatoms. The van der Waals surface area contributed by atoms with Gasteiger partial charge in [-0.15, -0.1) is 0 Å². The van der Waals surface area contributed by atoms with E-state index >= 15 is 0 Å². The lowest BCUT2D eigenvalue weighted by molar-refractivity contribution is 0.0499. The zero-order valence-electron chi connectivity index (χ0n) is 15.3. The normalized spacial score (nSPS) is 10.8. The molecule has 0 saturated heterocycles. The van der Waals surface area contributed by atoms with E-state index in [9.17, 15) is 9.18 Å². The van der Waals surface area contributed by atoms with Crippen LogP contribution in [0, 0.1) is 5.82 Å². The number of hydrogen-bond donors (Lipinski definition) is 2. The molecule has 3 aromatic rings. The number of aromatic nitrogens is 3. The molecule has 0 atom stereocenters. The van der Waals surface area contributed by atoms with E-state index < -0.39 is 11.8 Å². The number of unbranched alkanes of at least 4 members (excludes halogenated alkanes) is 2.